The molecular formula is C22H19N3. The molecule has 0 saturated heterocycles. The molecule has 3 heteroatoms. The highest BCUT2D eigenvalue weighted by atomic mass is 15.3. The zero-order valence-electron chi connectivity index (χ0n) is 14.1. The number of hydrogen-bond acceptors (Lipinski definition) is 2. The van der Waals surface area contributed by atoms with Crippen molar-refractivity contribution in [1.29, 1.82) is 0 Å². The summed E-state index contributed by atoms with van der Waals surface area (Å²) >= 11 is 0. The van der Waals surface area contributed by atoms with Crippen LogP contribution >= 0.6 is 0 Å². The number of benzene rings is 3. The molecule has 3 nitrogen and oxygen atoms in total. The third-order valence-electron chi connectivity index (χ3n) is 4.26. The zero-order chi connectivity index (χ0) is 17.1. The van der Waals surface area contributed by atoms with Crippen LogP contribution in [0.4, 0.5) is 0 Å². The van der Waals surface area contributed by atoms with E-state index >= 15 is 0 Å². The summed E-state index contributed by atoms with van der Waals surface area (Å²) in [6.07, 6.45) is 0. The Kier molecular flexibility index (Phi) is 4.13. The topological polar surface area (TPSA) is 30.7 Å². The second kappa shape index (κ2) is 6.73. The van der Waals surface area contributed by atoms with Crippen molar-refractivity contribution in [2.24, 2.45) is 0 Å². The molecule has 0 aliphatic heterocycles. The van der Waals surface area contributed by atoms with E-state index in [4.69, 9.17) is 5.10 Å². The van der Waals surface area contributed by atoms with Crippen molar-refractivity contribution in [1.82, 2.24) is 14.8 Å². The molecule has 0 amide bonds. The van der Waals surface area contributed by atoms with E-state index in [1.165, 1.54) is 16.7 Å². The Bertz CT molecular complexity index is 973. The van der Waals surface area contributed by atoms with Crippen molar-refractivity contribution in [2.75, 3.05) is 0 Å². The van der Waals surface area contributed by atoms with Crippen LogP contribution in [-0.4, -0.2) is 14.8 Å². The minimum Gasteiger partial charge on any atom is -0.245 e. The molecule has 0 unspecified atom stereocenters. The number of nitrogens with zero attached hydrogens (tertiary/aromatic N) is 3. The van der Waals surface area contributed by atoms with Crippen LogP contribution in [0.5, 0.6) is 0 Å². The quantitative estimate of drug-likeness (QED) is 0.530. The van der Waals surface area contributed by atoms with Crippen LogP contribution in [0.25, 0.3) is 22.5 Å². The van der Waals surface area contributed by atoms with E-state index in [1.54, 1.807) is 0 Å². The lowest BCUT2D eigenvalue weighted by Gasteiger charge is -2.04. The first-order chi connectivity index (χ1) is 12.3. The normalized spacial score (nSPS) is 10.8. The van der Waals surface area contributed by atoms with E-state index in [0.29, 0.717) is 0 Å². The van der Waals surface area contributed by atoms with Gasteiger partial charge >= 0.3 is 0 Å². The number of rotatable bonds is 4. The highest BCUT2D eigenvalue weighted by Gasteiger charge is 2.10. The molecule has 4 aromatic rings. The van der Waals surface area contributed by atoms with Crippen molar-refractivity contribution in [3.63, 3.8) is 0 Å². The first-order valence-corrected chi connectivity index (χ1v) is 8.41. The second-order valence-electron chi connectivity index (χ2n) is 6.07. The van der Waals surface area contributed by atoms with E-state index < -0.39 is 0 Å². The predicted octanol–water partition coefficient (Wildman–Crippen LogP) is 4.97. The van der Waals surface area contributed by atoms with Gasteiger partial charge in [-0.1, -0.05) is 78.9 Å². The van der Waals surface area contributed by atoms with Crippen molar-refractivity contribution in [3.8, 4) is 22.5 Å². The van der Waals surface area contributed by atoms with E-state index in [2.05, 4.69) is 65.6 Å². The van der Waals surface area contributed by atoms with Gasteiger partial charge in [-0.15, -0.1) is 0 Å². The summed E-state index contributed by atoms with van der Waals surface area (Å²) in [5.74, 6) is 1.69. The van der Waals surface area contributed by atoms with E-state index in [-0.39, 0.29) is 0 Å². The maximum atomic E-state index is 4.72. The van der Waals surface area contributed by atoms with Gasteiger partial charge in [0, 0.05) is 5.56 Å². The molecule has 1 aromatic heterocycles. The van der Waals surface area contributed by atoms with E-state index in [1.807, 2.05) is 35.9 Å². The van der Waals surface area contributed by atoms with Gasteiger partial charge in [-0.3, -0.25) is 0 Å². The molecule has 3 aromatic carbocycles. The van der Waals surface area contributed by atoms with Crippen molar-refractivity contribution in [2.45, 2.75) is 13.5 Å². The smallest absolute Gasteiger partial charge is 0.181 e. The summed E-state index contributed by atoms with van der Waals surface area (Å²) in [6.45, 7) is 2.73. The maximum Gasteiger partial charge on any atom is 0.181 e. The zero-order valence-corrected chi connectivity index (χ0v) is 14.1. The molecule has 0 spiro atoms. The minimum absolute atomic E-state index is 0.734. The Morgan fingerprint density at radius 2 is 1.36 bits per heavy atom. The Balaban J connectivity index is 1.66. The lowest BCUT2D eigenvalue weighted by molar-refractivity contribution is 0.662. The highest BCUT2D eigenvalue weighted by molar-refractivity contribution is 5.70. The largest absolute Gasteiger partial charge is 0.245 e. The third-order valence-corrected chi connectivity index (χ3v) is 4.26. The van der Waals surface area contributed by atoms with Gasteiger partial charge in [-0.05, 0) is 29.7 Å². The molecule has 0 aliphatic carbocycles. The fourth-order valence-electron chi connectivity index (χ4n) is 2.92. The van der Waals surface area contributed by atoms with Gasteiger partial charge < -0.3 is 0 Å². The molecule has 4 rings (SSSR count). The van der Waals surface area contributed by atoms with Crippen LogP contribution in [0.15, 0.2) is 84.9 Å². The Morgan fingerprint density at radius 3 is 2.12 bits per heavy atom. The van der Waals surface area contributed by atoms with Gasteiger partial charge in [-0.2, -0.15) is 5.10 Å². The van der Waals surface area contributed by atoms with Crippen LogP contribution in [0, 0.1) is 6.92 Å². The van der Waals surface area contributed by atoms with Gasteiger partial charge in [-0.25, -0.2) is 9.67 Å². The molecule has 1 heterocycles. The minimum atomic E-state index is 0.734. The Morgan fingerprint density at radius 1 is 0.720 bits per heavy atom. The van der Waals surface area contributed by atoms with E-state index in [9.17, 15) is 0 Å². The van der Waals surface area contributed by atoms with E-state index in [0.717, 1.165) is 23.8 Å². The first-order valence-electron chi connectivity index (χ1n) is 8.41. The standard InChI is InChI=1S/C22H19N3/c1-17-23-22(24-25(17)16-18-9-4-2-5-10-18)21-14-8-13-20(15-21)19-11-6-3-7-12-19/h2-15H,16H2,1H3. The lowest BCUT2D eigenvalue weighted by Crippen LogP contribution is -2.03. The Labute approximate surface area is 147 Å². The summed E-state index contributed by atoms with van der Waals surface area (Å²) in [7, 11) is 0. The highest BCUT2D eigenvalue weighted by Crippen LogP contribution is 2.24. The molecule has 0 radical (unpaired) electrons. The molecule has 0 bridgehead atoms. The number of aryl methyl sites for hydroxylation is 1. The van der Waals surface area contributed by atoms with Crippen LogP contribution in [-0.2, 0) is 6.54 Å². The van der Waals surface area contributed by atoms with Gasteiger partial charge in [0.25, 0.3) is 0 Å². The fraction of sp³-hybridized carbons (Fsp3) is 0.0909. The maximum absolute atomic E-state index is 4.72. The first kappa shape index (κ1) is 15.3. The fourth-order valence-corrected chi connectivity index (χ4v) is 2.92. The molecule has 25 heavy (non-hydrogen) atoms. The van der Waals surface area contributed by atoms with Crippen molar-refractivity contribution < 1.29 is 0 Å². The number of aromatic nitrogens is 3. The molecule has 0 aliphatic rings. The average molecular weight is 325 g/mol. The molecule has 0 fully saturated rings. The second-order valence-corrected chi connectivity index (χ2v) is 6.07. The molecule has 122 valence electrons. The van der Waals surface area contributed by atoms with Crippen LogP contribution in [0.1, 0.15) is 11.4 Å². The Hall–Kier alpha value is -3.20. The average Bonchev–Trinajstić information content (AvgIpc) is 3.04. The lowest BCUT2D eigenvalue weighted by atomic mass is 10.0. The predicted molar refractivity (Wildman–Crippen MR) is 101 cm³/mol. The summed E-state index contributed by atoms with van der Waals surface area (Å²) in [5.41, 5.74) is 4.64. The van der Waals surface area contributed by atoms with Crippen molar-refractivity contribution in [3.05, 3.63) is 96.3 Å². The van der Waals surface area contributed by atoms with Crippen LogP contribution in [0.3, 0.4) is 0 Å². The van der Waals surface area contributed by atoms with Crippen LogP contribution < -0.4 is 0 Å². The third kappa shape index (κ3) is 3.36. The molecular weight excluding hydrogens is 306 g/mol. The van der Waals surface area contributed by atoms with Crippen LogP contribution in [0.2, 0.25) is 0 Å². The summed E-state index contributed by atoms with van der Waals surface area (Å²) < 4.78 is 1.96. The van der Waals surface area contributed by atoms with Gasteiger partial charge in [0.1, 0.15) is 5.82 Å². The summed E-state index contributed by atoms with van der Waals surface area (Å²) in [5, 5.41) is 4.72. The monoisotopic (exact) mass is 325 g/mol. The molecule has 0 saturated carbocycles. The van der Waals surface area contributed by atoms with Gasteiger partial charge in [0.05, 0.1) is 6.54 Å². The van der Waals surface area contributed by atoms with Crippen molar-refractivity contribution >= 4 is 0 Å². The molecule has 0 N–H and O–H groups in total. The van der Waals surface area contributed by atoms with Gasteiger partial charge in [0.2, 0.25) is 0 Å². The SMILES string of the molecule is Cc1nc(-c2cccc(-c3ccccc3)c2)nn1Cc1ccccc1. The molecule has 0 atom stereocenters. The summed E-state index contributed by atoms with van der Waals surface area (Å²) in [6, 6.07) is 29.1. The van der Waals surface area contributed by atoms with Gasteiger partial charge in [0.15, 0.2) is 5.82 Å². The number of hydrogen-bond donors (Lipinski definition) is 0. The summed E-state index contributed by atoms with van der Waals surface area (Å²) in [4.78, 5) is 4.66.